The molecule has 1 aliphatic carbocycles. The summed E-state index contributed by atoms with van der Waals surface area (Å²) in [7, 11) is 0. The molecule has 28 heavy (non-hydrogen) atoms. The maximum atomic E-state index is 12.9. The molecule has 0 radical (unpaired) electrons. The van der Waals surface area contributed by atoms with Crippen molar-refractivity contribution in [2.24, 2.45) is 11.8 Å². The number of carboxylic acids is 1. The number of carboxylic acid groups (broad SMARTS) is 1. The van der Waals surface area contributed by atoms with Crippen LogP contribution in [0.3, 0.4) is 0 Å². The molecule has 2 N–H and O–H groups in total. The average Bonchev–Trinajstić information content (AvgIpc) is 3.29. The number of nitrogens with zero attached hydrogens (tertiary/aromatic N) is 1. The number of anilines is 1. The Morgan fingerprint density at radius 3 is 2.29 bits per heavy atom. The maximum Gasteiger partial charge on any atom is 0.326 e. The minimum Gasteiger partial charge on any atom is -0.480 e. The van der Waals surface area contributed by atoms with Crippen LogP contribution in [0.15, 0.2) is 54.6 Å². The molecular weight excluding hydrogens is 356 g/mol. The van der Waals surface area contributed by atoms with E-state index in [-0.39, 0.29) is 23.7 Å². The van der Waals surface area contributed by atoms with Gasteiger partial charge in [-0.15, -0.1) is 0 Å². The molecule has 1 heterocycles. The zero-order valence-corrected chi connectivity index (χ0v) is 15.4. The Kier molecular flexibility index (Phi) is 4.86. The second-order valence-electron chi connectivity index (χ2n) is 7.49. The summed E-state index contributed by atoms with van der Waals surface area (Å²) in [4.78, 5) is 38.5. The fraction of sp³-hybridized carbons (Fsp3) is 0.318. The second-order valence-corrected chi connectivity index (χ2v) is 7.49. The van der Waals surface area contributed by atoms with Crippen LogP contribution >= 0.6 is 0 Å². The summed E-state index contributed by atoms with van der Waals surface area (Å²) < 4.78 is 0. The van der Waals surface area contributed by atoms with Crippen LogP contribution < -0.4 is 5.32 Å². The molecule has 1 aliphatic heterocycles. The zero-order valence-electron chi connectivity index (χ0n) is 15.4. The van der Waals surface area contributed by atoms with Gasteiger partial charge in [0.2, 0.25) is 0 Å². The summed E-state index contributed by atoms with van der Waals surface area (Å²) >= 11 is 0. The van der Waals surface area contributed by atoms with E-state index in [4.69, 9.17) is 0 Å². The molecule has 2 aromatic carbocycles. The van der Waals surface area contributed by atoms with E-state index in [1.807, 2.05) is 18.2 Å². The van der Waals surface area contributed by atoms with Gasteiger partial charge in [-0.05, 0) is 61.1 Å². The van der Waals surface area contributed by atoms with Gasteiger partial charge in [0.15, 0.2) is 0 Å². The quantitative estimate of drug-likeness (QED) is 0.855. The van der Waals surface area contributed by atoms with Crippen molar-refractivity contribution in [2.75, 3.05) is 11.9 Å². The molecule has 2 amide bonds. The lowest BCUT2D eigenvalue weighted by atomic mass is 9.94. The highest BCUT2D eigenvalue weighted by Gasteiger charge is 2.49. The molecule has 1 saturated heterocycles. The normalized spacial score (nSPS) is 23.3. The minimum absolute atomic E-state index is 0.0531. The first-order chi connectivity index (χ1) is 13.5. The monoisotopic (exact) mass is 378 g/mol. The number of hydrogen-bond acceptors (Lipinski definition) is 3. The number of para-hydroxylation sites is 1. The van der Waals surface area contributed by atoms with Gasteiger partial charge in [0, 0.05) is 23.4 Å². The van der Waals surface area contributed by atoms with Gasteiger partial charge in [0.25, 0.3) is 11.8 Å². The lowest BCUT2D eigenvalue weighted by Gasteiger charge is -2.24. The number of aliphatic carboxylic acids is 1. The van der Waals surface area contributed by atoms with E-state index in [9.17, 15) is 19.5 Å². The van der Waals surface area contributed by atoms with Gasteiger partial charge in [-0.2, -0.15) is 0 Å². The molecule has 0 spiro atoms. The molecule has 6 heteroatoms. The summed E-state index contributed by atoms with van der Waals surface area (Å²) in [6, 6.07) is 14.8. The highest BCUT2D eigenvalue weighted by molar-refractivity contribution is 6.05. The van der Waals surface area contributed by atoms with E-state index in [1.54, 1.807) is 36.4 Å². The SMILES string of the molecule is O=C(Nc1ccccc1)c1ccc(C(=O)N2CC3CCCC3C2C(=O)O)cc1. The largest absolute Gasteiger partial charge is 0.480 e. The van der Waals surface area contributed by atoms with Crippen molar-refractivity contribution >= 4 is 23.5 Å². The Balaban J connectivity index is 1.48. The third-order valence-corrected chi connectivity index (χ3v) is 5.83. The molecule has 2 fully saturated rings. The highest BCUT2D eigenvalue weighted by Crippen LogP contribution is 2.42. The molecule has 3 unspecified atom stereocenters. The number of fused-ring (bicyclic) bond motifs is 1. The summed E-state index contributed by atoms with van der Waals surface area (Å²) in [5.74, 6) is -1.14. The van der Waals surface area contributed by atoms with Crippen LogP contribution in [-0.4, -0.2) is 40.4 Å². The van der Waals surface area contributed by atoms with Gasteiger partial charge in [0.1, 0.15) is 6.04 Å². The molecule has 1 saturated carbocycles. The Morgan fingerprint density at radius 2 is 1.61 bits per heavy atom. The molecule has 2 aliphatic rings. The molecular formula is C22H22N2O4. The number of amides is 2. The van der Waals surface area contributed by atoms with Crippen molar-refractivity contribution in [1.82, 2.24) is 4.90 Å². The lowest BCUT2D eigenvalue weighted by molar-refractivity contribution is -0.142. The first-order valence-corrected chi connectivity index (χ1v) is 9.55. The average molecular weight is 378 g/mol. The molecule has 0 aromatic heterocycles. The molecule has 6 nitrogen and oxygen atoms in total. The van der Waals surface area contributed by atoms with Gasteiger partial charge in [0.05, 0.1) is 0 Å². The Morgan fingerprint density at radius 1 is 0.929 bits per heavy atom. The van der Waals surface area contributed by atoms with Gasteiger partial charge in [-0.25, -0.2) is 4.79 Å². The zero-order chi connectivity index (χ0) is 19.7. The predicted molar refractivity (Wildman–Crippen MR) is 104 cm³/mol. The first kappa shape index (κ1) is 18.2. The standard InChI is InChI=1S/C22H22N2O4/c25-20(23-17-6-2-1-3-7-17)14-9-11-15(12-10-14)21(26)24-13-16-5-4-8-18(16)19(24)22(27)28/h1-3,6-7,9-12,16,18-19H,4-5,8,13H2,(H,23,25)(H,27,28). The Hall–Kier alpha value is -3.15. The van der Waals surface area contributed by atoms with E-state index >= 15 is 0 Å². The third kappa shape index (κ3) is 3.38. The van der Waals surface area contributed by atoms with Gasteiger partial charge < -0.3 is 15.3 Å². The fourth-order valence-electron chi connectivity index (χ4n) is 4.49. The summed E-state index contributed by atoms with van der Waals surface area (Å²) in [5, 5.41) is 12.4. The van der Waals surface area contributed by atoms with E-state index in [1.165, 1.54) is 4.90 Å². The summed E-state index contributed by atoms with van der Waals surface area (Å²) in [5.41, 5.74) is 1.54. The number of hydrogen-bond donors (Lipinski definition) is 2. The summed E-state index contributed by atoms with van der Waals surface area (Å²) in [6.45, 7) is 0.497. The number of carbonyl (C=O) groups excluding carboxylic acids is 2. The van der Waals surface area contributed by atoms with E-state index in [0.717, 1.165) is 19.3 Å². The van der Waals surface area contributed by atoms with Crippen LogP contribution in [0.4, 0.5) is 5.69 Å². The van der Waals surface area contributed by atoms with Gasteiger partial charge >= 0.3 is 5.97 Å². The molecule has 0 bridgehead atoms. The first-order valence-electron chi connectivity index (χ1n) is 9.55. The maximum absolute atomic E-state index is 12.9. The van der Waals surface area contributed by atoms with Crippen molar-refractivity contribution in [1.29, 1.82) is 0 Å². The van der Waals surface area contributed by atoms with Crippen molar-refractivity contribution in [3.8, 4) is 0 Å². The van der Waals surface area contributed by atoms with Crippen LogP contribution in [0.5, 0.6) is 0 Å². The summed E-state index contributed by atoms with van der Waals surface area (Å²) in [6.07, 6.45) is 2.88. The molecule has 4 rings (SSSR count). The van der Waals surface area contributed by atoms with Gasteiger partial charge in [-0.1, -0.05) is 24.6 Å². The van der Waals surface area contributed by atoms with Crippen molar-refractivity contribution in [3.63, 3.8) is 0 Å². The topological polar surface area (TPSA) is 86.7 Å². The smallest absolute Gasteiger partial charge is 0.326 e. The van der Waals surface area contributed by atoms with Crippen LogP contribution in [0.1, 0.15) is 40.0 Å². The number of benzene rings is 2. The number of likely N-dealkylation sites (tertiary alicyclic amines) is 1. The number of carbonyl (C=O) groups is 3. The fourth-order valence-corrected chi connectivity index (χ4v) is 4.49. The molecule has 144 valence electrons. The molecule has 3 atom stereocenters. The highest BCUT2D eigenvalue weighted by atomic mass is 16.4. The molecule has 2 aromatic rings. The van der Waals surface area contributed by atoms with E-state index in [2.05, 4.69) is 5.32 Å². The van der Waals surface area contributed by atoms with Crippen LogP contribution in [0, 0.1) is 11.8 Å². The van der Waals surface area contributed by atoms with Gasteiger partial charge in [-0.3, -0.25) is 9.59 Å². The Labute approximate surface area is 163 Å². The number of rotatable bonds is 4. The number of nitrogens with one attached hydrogen (secondary N) is 1. The van der Waals surface area contributed by atoms with Crippen molar-refractivity contribution in [2.45, 2.75) is 25.3 Å². The van der Waals surface area contributed by atoms with Crippen molar-refractivity contribution < 1.29 is 19.5 Å². The van der Waals surface area contributed by atoms with Crippen LogP contribution in [-0.2, 0) is 4.79 Å². The van der Waals surface area contributed by atoms with Crippen molar-refractivity contribution in [3.05, 3.63) is 65.7 Å². The van der Waals surface area contributed by atoms with E-state index < -0.39 is 12.0 Å². The minimum atomic E-state index is -0.929. The van der Waals surface area contributed by atoms with Crippen LogP contribution in [0.2, 0.25) is 0 Å². The lowest BCUT2D eigenvalue weighted by Crippen LogP contribution is -2.43. The predicted octanol–water partition coefficient (Wildman–Crippen LogP) is 3.26. The van der Waals surface area contributed by atoms with E-state index in [0.29, 0.717) is 23.4 Å². The Bertz CT molecular complexity index is 895. The van der Waals surface area contributed by atoms with Crippen LogP contribution in [0.25, 0.3) is 0 Å². The second kappa shape index (κ2) is 7.46. The third-order valence-electron chi connectivity index (χ3n) is 5.83.